The van der Waals surface area contributed by atoms with Gasteiger partial charge in [0, 0.05) is 29.3 Å². The van der Waals surface area contributed by atoms with Gasteiger partial charge in [0.05, 0.1) is 24.0 Å². The van der Waals surface area contributed by atoms with Crippen molar-refractivity contribution in [1.82, 2.24) is 4.98 Å². The molecule has 1 aliphatic heterocycles. The number of thiazole rings is 1. The topological polar surface area (TPSA) is 74.3 Å². The van der Waals surface area contributed by atoms with E-state index in [-0.39, 0.29) is 29.7 Å². The van der Waals surface area contributed by atoms with Crippen molar-refractivity contribution in [2.75, 3.05) is 22.1 Å². The van der Waals surface area contributed by atoms with Gasteiger partial charge in [-0.3, -0.25) is 9.59 Å². The molecular weight excluding hydrogens is 432 g/mol. The predicted molar refractivity (Wildman–Crippen MR) is 132 cm³/mol. The number of hydrogen-bond acceptors (Lipinski definition) is 6. The number of aromatic nitrogens is 1. The number of para-hydroxylation sites is 2. The summed E-state index contributed by atoms with van der Waals surface area (Å²) >= 11 is 1.38. The van der Waals surface area contributed by atoms with Gasteiger partial charge in [0.1, 0.15) is 0 Å². The van der Waals surface area contributed by atoms with Crippen molar-refractivity contribution in [3.05, 3.63) is 83.0 Å². The van der Waals surface area contributed by atoms with Crippen molar-refractivity contribution in [3.63, 3.8) is 0 Å². The first kappa shape index (κ1) is 21.4. The second-order valence-electron chi connectivity index (χ2n) is 9.30. The number of carbonyl (C=O) groups excluding carboxylic acids is 2. The summed E-state index contributed by atoms with van der Waals surface area (Å²) in [6, 6.07) is 17.5. The van der Waals surface area contributed by atoms with Crippen LogP contribution in [-0.4, -0.2) is 23.2 Å². The van der Waals surface area contributed by atoms with E-state index in [4.69, 9.17) is 0 Å². The van der Waals surface area contributed by atoms with E-state index in [0.29, 0.717) is 11.6 Å². The molecule has 33 heavy (non-hydrogen) atoms. The molecule has 0 spiro atoms. The highest BCUT2D eigenvalue weighted by Crippen LogP contribution is 2.48. The van der Waals surface area contributed by atoms with E-state index in [1.807, 2.05) is 64.9 Å². The molecule has 0 radical (unpaired) electrons. The normalized spacial score (nSPS) is 19.3. The summed E-state index contributed by atoms with van der Waals surface area (Å²) in [5.41, 5.74) is 4.34. The van der Waals surface area contributed by atoms with E-state index in [1.165, 1.54) is 11.3 Å². The zero-order valence-electron chi connectivity index (χ0n) is 18.7. The Kier molecular flexibility index (Phi) is 5.50. The third-order valence-electron chi connectivity index (χ3n) is 6.11. The average Bonchev–Trinajstić information content (AvgIpc) is 3.24. The average molecular weight is 459 g/mol. The van der Waals surface area contributed by atoms with Crippen molar-refractivity contribution < 1.29 is 9.59 Å². The van der Waals surface area contributed by atoms with Crippen molar-refractivity contribution in [2.45, 2.75) is 32.7 Å². The van der Waals surface area contributed by atoms with Gasteiger partial charge in [0.25, 0.3) is 0 Å². The molecule has 1 aliphatic carbocycles. The van der Waals surface area contributed by atoms with E-state index in [0.717, 1.165) is 34.6 Å². The fourth-order valence-electron chi connectivity index (χ4n) is 4.81. The van der Waals surface area contributed by atoms with Crippen LogP contribution >= 0.6 is 11.3 Å². The Hall–Kier alpha value is -3.45. The Morgan fingerprint density at radius 3 is 2.67 bits per heavy atom. The lowest BCUT2D eigenvalue weighted by Gasteiger charge is -2.37. The van der Waals surface area contributed by atoms with Gasteiger partial charge in [-0.15, -0.1) is 11.3 Å². The van der Waals surface area contributed by atoms with E-state index in [1.54, 1.807) is 6.20 Å². The molecule has 2 aliphatic rings. The zero-order chi connectivity index (χ0) is 23.0. The monoisotopic (exact) mass is 458 g/mol. The van der Waals surface area contributed by atoms with Gasteiger partial charge >= 0.3 is 0 Å². The molecule has 168 valence electrons. The van der Waals surface area contributed by atoms with Crippen LogP contribution in [0.3, 0.4) is 0 Å². The lowest BCUT2D eigenvalue weighted by Crippen LogP contribution is -2.40. The smallest absolute Gasteiger partial charge is 0.245 e. The lowest BCUT2D eigenvalue weighted by atomic mass is 9.73. The summed E-state index contributed by atoms with van der Waals surface area (Å²) in [6.45, 7) is 4.35. The number of nitrogens with zero attached hydrogens (tertiary/aromatic N) is 2. The first-order valence-corrected chi connectivity index (χ1v) is 11.9. The van der Waals surface area contributed by atoms with Crippen LogP contribution in [0.25, 0.3) is 0 Å². The second-order valence-corrected chi connectivity index (χ2v) is 10.2. The summed E-state index contributed by atoms with van der Waals surface area (Å²) in [5.74, 6) is -0.0472. The second kappa shape index (κ2) is 8.48. The van der Waals surface area contributed by atoms with E-state index in [9.17, 15) is 9.59 Å². The molecular formula is C26H26N4O2S. The van der Waals surface area contributed by atoms with E-state index in [2.05, 4.69) is 29.5 Å². The highest BCUT2D eigenvalue weighted by atomic mass is 32.1. The maximum Gasteiger partial charge on any atom is 0.245 e. The van der Waals surface area contributed by atoms with Gasteiger partial charge in [-0.05, 0) is 29.5 Å². The Balaban J connectivity index is 1.65. The Morgan fingerprint density at radius 2 is 1.91 bits per heavy atom. The predicted octanol–water partition coefficient (Wildman–Crippen LogP) is 5.40. The highest BCUT2D eigenvalue weighted by Gasteiger charge is 2.41. The molecule has 2 N–H and O–H groups in total. The first-order valence-electron chi connectivity index (χ1n) is 11.0. The number of rotatable bonds is 4. The molecule has 5 rings (SSSR count). The van der Waals surface area contributed by atoms with Gasteiger partial charge < -0.3 is 15.5 Å². The molecule has 0 bridgehead atoms. The van der Waals surface area contributed by atoms with Crippen LogP contribution in [0.5, 0.6) is 0 Å². The zero-order valence-corrected chi connectivity index (χ0v) is 19.5. The third kappa shape index (κ3) is 4.28. The number of Topliss-reactive ketones (excluding diaryl/α,β-unsaturated/α-hetero) is 1. The number of allylic oxidation sites excluding steroid dienone is 1. The van der Waals surface area contributed by atoms with Gasteiger partial charge in [-0.25, -0.2) is 4.98 Å². The summed E-state index contributed by atoms with van der Waals surface area (Å²) < 4.78 is 0. The number of nitrogens with one attached hydrogen (secondary N) is 2. The minimum absolute atomic E-state index is 0.0886. The number of anilines is 3. The van der Waals surface area contributed by atoms with Crippen molar-refractivity contribution >= 4 is 39.5 Å². The SMILES string of the molecule is CC1(C)CC(=O)C2=C(C1)Nc1ccccc1N(CC(=O)Nc1nccs1)C2c1ccccc1. The Morgan fingerprint density at radius 1 is 1.15 bits per heavy atom. The summed E-state index contributed by atoms with van der Waals surface area (Å²) in [4.78, 5) is 32.9. The molecule has 3 aromatic rings. The fourth-order valence-corrected chi connectivity index (χ4v) is 5.35. The van der Waals surface area contributed by atoms with Crippen LogP contribution in [0, 0.1) is 5.41 Å². The minimum Gasteiger partial charge on any atom is -0.357 e. The highest BCUT2D eigenvalue weighted by molar-refractivity contribution is 7.13. The number of carbonyl (C=O) groups is 2. The molecule has 1 amide bonds. The maximum absolute atomic E-state index is 13.6. The summed E-state index contributed by atoms with van der Waals surface area (Å²) in [5, 5.41) is 8.85. The van der Waals surface area contributed by atoms with Gasteiger partial charge in [0.15, 0.2) is 10.9 Å². The molecule has 2 aromatic carbocycles. The number of benzene rings is 2. The van der Waals surface area contributed by atoms with Crippen molar-refractivity contribution in [3.8, 4) is 0 Å². The minimum atomic E-state index is -0.372. The van der Waals surface area contributed by atoms with Crippen LogP contribution in [0.15, 0.2) is 77.4 Å². The molecule has 2 heterocycles. The van der Waals surface area contributed by atoms with Crippen LogP contribution in [0.4, 0.5) is 16.5 Å². The Bertz CT molecular complexity index is 1220. The van der Waals surface area contributed by atoms with Crippen LogP contribution in [0.1, 0.15) is 38.3 Å². The first-order chi connectivity index (χ1) is 15.9. The van der Waals surface area contributed by atoms with Gasteiger partial charge in [-0.1, -0.05) is 56.3 Å². The molecule has 1 aromatic heterocycles. The van der Waals surface area contributed by atoms with Crippen molar-refractivity contribution in [1.29, 1.82) is 0 Å². The van der Waals surface area contributed by atoms with Crippen molar-refractivity contribution in [2.24, 2.45) is 5.41 Å². The maximum atomic E-state index is 13.6. The Labute approximate surface area is 197 Å². The van der Waals surface area contributed by atoms with Gasteiger partial charge in [-0.2, -0.15) is 0 Å². The molecule has 6 nitrogen and oxygen atoms in total. The molecule has 7 heteroatoms. The summed E-state index contributed by atoms with van der Waals surface area (Å²) in [6.07, 6.45) is 2.91. The molecule has 1 unspecified atom stereocenters. The number of hydrogen-bond donors (Lipinski definition) is 2. The van der Waals surface area contributed by atoms with Gasteiger partial charge in [0.2, 0.25) is 5.91 Å². The third-order valence-corrected chi connectivity index (χ3v) is 6.80. The standard InChI is InChI=1S/C26H26N4O2S/c1-26(2)14-19-23(21(31)15-26)24(17-8-4-3-5-9-17)30(20-11-7-6-10-18(20)28-19)16-22(32)29-25-27-12-13-33-25/h3-13,24,28H,14-16H2,1-2H3,(H,27,29,32). The van der Waals surface area contributed by atoms with Crippen LogP contribution in [0.2, 0.25) is 0 Å². The van der Waals surface area contributed by atoms with Crippen LogP contribution < -0.4 is 15.5 Å². The summed E-state index contributed by atoms with van der Waals surface area (Å²) in [7, 11) is 0. The number of fused-ring (bicyclic) bond motifs is 1. The number of amides is 1. The van der Waals surface area contributed by atoms with E-state index < -0.39 is 0 Å². The largest absolute Gasteiger partial charge is 0.357 e. The number of ketones is 1. The fraction of sp³-hybridized carbons (Fsp3) is 0.269. The molecule has 1 atom stereocenters. The quantitative estimate of drug-likeness (QED) is 0.548. The molecule has 0 saturated heterocycles. The van der Waals surface area contributed by atoms with Crippen LogP contribution in [-0.2, 0) is 9.59 Å². The molecule has 0 saturated carbocycles. The molecule has 0 fully saturated rings. The van der Waals surface area contributed by atoms with E-state index >= 15 is 0 Å². The lowest BCUT2D eigenvalue weighted by molar-refractivity contribution is -0.119.